The van der Waals surface area contributed by atoms with E-state index < -0.39 is 0 Å². The minimum Gasteiger partial charge on any atom is -0.338 e. The molecular weight excluding hydrogens is 510 g/mol. The van der Waals surface area contributed by atoms with Gasteiger partial charge >= 0.3 is 0 Å². The van der Waals surface area contributed by atoms with Gasteiger partial charge in [-0.25, -0.2) is 0 Å². The van der Waals surface area contributed by atoms with E-state index in [0.717, 1.165) is 67.3 Å². The largest absolute Gasteiger partial charge is 0.338 e. The highest BCUT2D eigenvalue weighted by atomic mass is 35.5. The normalized spacial score (nSPS) is 17.3. The van der Waals surface area contributed by atoms with E-state index in [1.807, 2.05) is 57.9 Å². The average molecular weight is 548 g/mol. The number of hydrogen-bond acceptors (Lipinski definition) is 4. The van der Waals surface area contributed by atoms with Crippen LogP contribution in [-0.4, -0.2) is 57.6 Å². The first kappa shape index (κ1) is 27.4. The molecule has 0 spiro atoms. The molecule has 1 saturated carbocycles. The van der Waals surface area contributed by atoms with Crippen LogP contribution >= 0.6 is 11.6 Å². The molecule has 3 aromatic rings. The number of halogens is 1. The third kappa shape index (κ3) is 7.28. The number of nitrogens with zero attached hydrogens (tertiary/aromatic N) is 5. The fourth-order valence-electron chi connectivity index (χ4n) is 5.40. The zero-order chi connectivity index (χ0) is 27.2. The molecule has 2 aliphatic rings. The van der Waals surface area contributed by atoms with E-state index in [1.54, 1.807) is 6.20 Å². The number of benzene rings is 2. The summed E-state index contributed by atoms with van der Waals surface area (Å²) in [5, 5.41) is 4.98. The highest BCUT2D eigenvalue weighted by Gasteiger charge is 2.35. The number of carbonyl (C=O) groups excluding carboxylic acids is 2. The molecule has 0 unspecified atom stereocenters. The molecule has 0 N–H and O–H groups in total. The van der Waals surface area contributed by atoms with Gasteiger partial charge in [0.25, 0.3) is 0 Å². The molecule has 0 atom stereocenters. The van der Waals surface area contributed by atoms with Crippen molar-refractivity contribution >= 4 is 29.1 Å². The van der Waals surface area contributed by atoms with E-state index in [1.165, 1.54) is 5.56 Å². The number of rotatable bonds is 6. The van der Waals surface area contributed by atoms with Crippen LogP contribution in [0.2, 0.25) is 5.02 Å². The lowest BCUT2D eigenvalue weighted by atomic mass is 10.1. The van der Waals surface area contributed by atoms with E-state index in [0.29, 0.717) is 32.5 Å². The molecule has 0 radical (unpaired) electrons. The summed E-state index contributed by atoms with van der Waals surface area (Å²) in [5.74, 6) is 0.484. The molecule has 0 bridgehead atoms. The third-order valence-electron chi connectivity index (χ3n) is 7.78. The first-order chi connectivity index (χ1) is 19.0. The molecule has 7 nitrogen and oxygen atoms in total. The summed E-state index contributed by atoms with van der Waals surface area (Å²) < 4.78 is 1.83. The molecule has 1 fully saturated rings. The monoisotopic (exact) mass is 547 g/mol. The molecule has 206 valence electrons. The van der Waals surface area contributed by atoms with Crippen molar-refractivity contribution in [2.24, 2.45) is 13.0 Å². The molecule has 2 amide bonds. The average Bonchev–Trinajstić information content (AvgIpc) is 3.71. The second-order valence-corrected chi connectivity index (χ2v) is 11.2. The maximum atomic E-state index is 13.6. The summed E-state index contributed by atoms with van der Waals surface area (Å²) in [6.45, 7) is 4.44. The van der Waals surface area contributed by atoms with Crippen LogP contribution < -0.4 is 4.90 Å². The number of hydrogen-bond donors (Lipinski definition) is 0. The number of aromatic nitrogens is 2. The molecule has 1 aliphatic carbocycles. The van der Waals surface area contributed by atoms with Crippen LogP contribution in [0.5, 0.6) is 0 Å². The van der Waals surface area contributed by atoms with Gasteiger partial charge in [-0.2, -0.15) is 5.10 Å². The van der Waals surface area contributed by atoms with Crippen LogP contribution in [0.1, 0.15) is 48.9 Å². The van der Waals surface area contributed by atoms with Crippen LogP contribution in [-0.2, 0) is 36.1 Å². The van der Waals surface area contributed by atoms with E-state index in [2.05, 4.69) is 28.2 Å². The van der Waals surface area contributed by atoms with Crippen molar-refractivity contribution in [1.29, 1.82) is 0 Å². The standard InChI is InChI=1S/C31H38ClN5O2/c1-34-28(16-17-33-34)14-15-30(38)36-20-4-18-35(22-24-8-12-27(32)13-9-24)19-5-21-37(31(39)25-10-11-25)29-7-3-2-6-26(29)23-36/h2-3,6-9,12-13,16-17,25H,4-5,10-11,14-15,18-23H2,1H3. The number of carbonyl (C=O) groups is 2. The number of fused-ring (bicyclic) bond motifs is 1. The Morgan fingerprint density at radius 2 is 1.69 bits per heavy atom. The summed E-state index contributed by atoms with van der Waals surface area (Å²) in [4.78, 5) is 33.4. The summed E-state index contributed by atoms with van der Waals surface area (Å²) in [5.41, 5.74) is 4.25. The van der Waals surface area contributed by atoms with E-state index in [4.69, 9.17) is 11.6 Å². The predicted octanol–water partition coefficient (Wildman–Crippen LogP) is 5.07. The SMILES string of the molecule is Cn1nccc1CCC(=O)N1CCCN(Cc2ccc(Cl)cc2)CCCN(C(=O)C2CC2)c2ccccc2C1. The maximum Gasteiger partial charge on any atom is 0.230 e. The van der Waals surface area contributed by atoms with Gasteiger partial charge in [-0.3, -0.25) is 19.2 Å². The Balaban J connectivity index is 1.38. The highest BCUT2D eigenvalue weighted by molar-refractivity contribution is 6.30. The first-order valence-corrected chi connectivity index (χ1v) is 14.5. The Hall–Kier alpha value is -3.16. The van der Waals surface area contributed by atoms with Crippen LogP contribution in [0.3, 0.4) is 0 Å². The van der Waals surface area contributed by atoms with E-state index in [9.17, 15) is 9.59 Å². The summed E-state index contributed by atoms with van der Waals surface area (Å²) in [6.07, 6.45) is 6.58. The lowest BCUT2D eigenvalue weighted by molar-refractivity contribution is -0.132. The quantitative estimate of drug-likeness (QED) is 0.432. The van der Waals surface area contributed by atoms with Gasteiger partial charge < -0.3 is 9.80 Å². The van der Waals surface area contributed by atoms with Gasteiger partial charge in [0.15, 0.2) is 0 Å². The molecule has 8 heteroatoms. The Morgan fingerprint density at radius 1 is 0.949 bits per heavy atom. The summed E-state index contributed by atoms with van der Waals surface area (Å²) in [7, 11) is 1.91. The molecule has 2 aromatic carbocycles. The predicted molar refractivity (Wildman–Crippen MR) is 154 cm³/mol. The van der Waals surface area contributed by atoms with Gasteiger partial charge in [-0.05, 0) is 67.5 Å². The lowest BCUT2D eigenvalue weighted by Gasteiger charge is -2.32. The fourth-order valence-corrected chi connectivity index (χ4v) is 5.53. The van der Waals surface area contributed by atoms with E-state index in [-0.39, 0.29) is 17.7 Å². The van der Waals surface area contributed by atoms with E-state index >= 15 is 0 Å². The maximum absolute atomic E-state index is 13.6. The second kappa shape index (κ2) is 12.8. The van der Waals surface area contributed by atoms with Gasteiger partial charge in [0.1, 0.15) is 0 Å². The van der Waals surface area contributed by atoms with Gasteiger partial charge in [-0.15, -0.1) is 0 Å². The Bertz CT molecular complexity index is 1270. The summed E-state index contributed by atoms with van der Waals surface area (Å²) >= 11 is 6.11. The van der Waals surface area contributed by atoms with Gasteiger partial charge in [0.2, 0.25) is 11.8 Å². The third-order valence-corrected chi connectivity index (χ3v) is 8.04. The first-order valence-electron chi connectivity index (χ1n) is 14.1. The number of amides is 2. The highest BCUT2D eigenvalue weighted by Crippen LogP contribution is 2.34. The molecule has 5 rings (SSSR count). The van der Waals surface area contributed by atoms with Crippen LogP contribution in [0.4, 0.5) is 5.69 Å². The molecule has 1 aromatic heterocycles. The number of para-hydroxylation sites is 1. The minimum absolute atomic E-state index is 0.132. The Kier molecular flexibility index (Phi) is 8.99. The minimum atomic E-state index is 0.132. The fraction of sp³-hybridized carbons (Fsp3) is 0.452. The number of anilines is 1. The van der Waals surface area contributed by atoms with Crippen molar-refractivity contribution < 1.29 is 9.59 Å². The zero-order valence-corrected chi connectivity index (χ0v) is 23.5. The van der Waals surface area contributed by atoms with Gasteiger partial charge in [0, 0.05) is 81.3 Å². The van der Waals surface area contributed by atoms with Crippen molar-refractivity contribution in [3.05, 3.63) is 82.6 Å². The Labute approximate surface area is 236 Å². The molecule has 0 saturated heterocycles. The van der Waals surface area contributed by atoms with Crippen LogP contribution in [0.25, 0.3) is 0 Å². The van der Waals surface area contributed by atoms with Crippen LogP contribution in [0.15, 0.2) is 60.8 Å². The van der Waals surface area contributed by atoms with Crippen molar-refractivity contribution in [3.8, 4) is 0 Å². The number of aryl methyl sites for hydroxylation is 2. The van der Waals surface area contributed by atoms with Crippen LogP contribution in [0, 0.1) is 5.92 Å². The lowest BCUT2D eigenvalue weighted by Crippen LogP contribution is -2.39. The molecule has 1 aliphatic heterocycles. The second-order valence-electron chi connectivity index (χ2n) is 10.8. The summed E-state index contributed by atoms with van der Waals surface area (Å²) in [6, 6.07) is 18.1. The topological polar surface area (TPSA) is 61.7 Å². The van der Waals surface area contributed by atoms with Crippen molar-refractivity contribution in [2.75, 3.05) is 31.1 Å². The van der Waals surface area contributed by atoms with Crippen molar-refractivity contribution in [1.82, 2.24) is 19.6 Å². The zero-order valence-electron chi connectivity index (χ0n) is 22.8. The van der Waals surface area contributed by atoms with Gasteiger partial charge in [-0.1, -0.05) is 41.9 Å². The Morgan fingerprint density at radius 3 is 2.41 bits per heavy atom. The molecular formula is C31H38ClN5O2. The van der Waals surface area contributed by atoms with Gasteiger partial charge in [0.05, 0.1) is 0 Å². The smallest absolute Gasteiger partial charge is 0.230 e. The van der Waals surface area contributed by atoms with Crippen molar-refractivity contribution in [3.63, 3.8) is 0 Å². The molecule has 2 heterocycles. The van der Waals surface area contributed by atoms with Crippen molar-refractivity contribution in [2.45, 2.75) is 51.6 Å². The molecule has 39 heavy (non-hydrogen) atoms.